The largest absolute Gasteiger partial charge is 0.416 e. The second-order valence-corrected chi connectivity index (χ2v) is 4.93. The first kappa shape index (κ1) is 13.1. The van der Waals surface area contributed by atoms with E-state index in [2.05, 4.69) is 0 Å². The molecule has 0 N–H and O–H groups in total. The second kappa shape index (κ2) is 4.11. The Balaban J connectivity index is 3.45. The SMILES string of the molecule is CCc1c(C(C)(C)C)cccc1C(F)(F)F. The van der Waals surface area contributed by atoms with Crippen LogP contribution in [0.3, 0.4) is 0 Å². The van der Waals surface area contributed by atoms with E-state index >= 15 is 0 Å². The molecule has 1 rings (SSSR count). The zero-order valence-corrected chi connectivity index (χ0v) is 10.1. The fraction of sp³-hybridized carbons (Fsp3) is 0.538. The molecule has 0 unspecified atom stereocenters. The highest BCUT2D eigenvalue weighted by atomic mass is 19.4. The highest BCUT2D eigenvalue weighted by molar-refractivity contribution is 5.40. The standard InChI is InChI=1S/C13H17F3/c1-5-9-10(12(2,3)4)7-6-8-11(9)13(14,15)16/h6-8H,5H2,1-4H3. The molecule has 0 nitrogen and oxygen atoms in total. The van der Waals surface area contributed by atoms with Gasteiger partial charge in [-0.2, -0.15) is 13.2 Å². The van der Waals surface area contributed by atoms with Crippen molar-refractivity contribution in [2.24, 2.45) is 0 Å². The van der Waals surface area contributed by atoms with E-state index in [-0.39, 0.29) is 5.41 Å². The lowest BCUT2D eigenvalue weighted by molar-refractivity contribution is -0.138. The van der Waals surface area contributed by atoms with Gasteiger partial charge in [0.1, 0.15) is 0 Å². The molecule has 90 valence electrons. The van der Waals surface area contributed by atoms with Crippen LogP contribution in [0.5, 0.6) is 0 Å². The first-order chi connectivity index (χ1) is 7.18. The molecular formula is C13H17F3. The Kier molecular flexibility index (Phi) is 3.36. The smallest absolute Gasteiger partial charge is 0.166 e. The molecule has 0 fully saturated rings. The third-order valence-electron chi connectivity index (χ3n) is 2.64. The molecule has 0 aliphatic rings. The topological polar surface area (TPSA) is 0 Å². The van der Waals surface area contributed by atoms with Gasteiger partial charge in [-0.1, -0.05) is 39.8 Å². The van der Waals surface area contributed by atoms with Crippen molar-refractivity contribution in [3.05, 3.63) is 34.9 Å². The van der Waals surface area contributed by atoms with Crippen LogP contribution in [0.2, 0.25) is 0 Å². The summed E-state index contributed by atoms with van der Waals surface area (Å²) in [6.07, 6.45) is -3.85. The van der Waals surface area contributed by atoms with E-state index in [1.54, 1.807) is 13.0 Å². The molecule has 0 aromatic heterocycles. The van der Waals surface area contributed by atoms with E-state index in [4.69, 9.17) is 0 Å². The highest BCUT2D eigenvalue weighted by Crippen LogP contribution is 2.37. The minimum Gasteiger partial charge on any atom is -0.166 e. The first-order valence-electron chi connectivity index (χ1n) is 5.37. The van der Waals surface area contributed by atoms with E-state index in [1.807, 2.05) is 20.8 Å². The lowest BCUT2D eigenvalue weighted by Gasteiger charge is -2.25. The predicted octanol–water partition coefficient (Wildman–Crippen LogP) is 4.57. The predicted molar refractivity (Wildman–Crippen MR) is 59.5 cm³/mol. The third kappa shape index (κ3) is 2.57. The number of benzene rings is 1. The summed E-state index contributed by atoms with van der Waals surface area (Å²) in [5.41, 5.74) is 0.446. The molecule has 0 saturated carbocycles. The summed E-state index contributed by atoms with van der Waals surface area (Å²) in [6, 6.07) is 4.44. The molecule has 0 atom stereocenters. The van der Waals surface area contributed by atoms with Gasteiger partial charge < -0.3 is 0 Å². The molecule has 0 spiro atoms. The Hall–Kier alpha value is -0.990. The van der Waals surface area contributed by atoms with Gasteiger partial charge in [-0.15, -0.1) is 0 Å². The Morgan fingerprint density at radius 1 is 1.00 bits per heavy atom. The van der Waals surface area contributed by atoms with Crippen molar-refractivity contribution in [3.63, 3.8) is 0 Å². The Labute approximate surface area is 94.5 Å². The van der Waals surface area contributed by atoms with Gasteiger partial charge in [0.05, 0.1) is 5.56 Å². The van der Waals surface area contributed by atoms with Gasteiger partial charge in [0.2, 0.25) is 0 Å². The number of halogens is 3. The zero-order chi connectivity index (χ0) is 12.6. The summed E-state index contributed by atoms with van der Waals surface area (Å²) in [6.45, 7) is 7.56. The maximum Gasteiger partial charge on any atom is 0.416 e. The highest BCUT2D eigenvalue weighted by Gasteiger charge is 2.34. The van der Waals surface area contributed by atoms with Crippen molar-refractivity contribution in [2.75, 3.05) is 0 Å². The molecule has 0 heterocycles. The first-order valence-corrected chi connectivity index (χ1v) is 5.37. The number of rotatable bonds is 1. The lowest BCUT2D eigenvalue weighted by Crippen LogP contribution is -2.18. The fourth-order valence-corrected chi connectivity index (χ4v) is 1.94. The van der Waals surface area contributed by atoms with E-state index in [0.29, 0.717) is 12.0 Å². The van der Waals surface area contributed by atoms with Crippen molar-refractivity contribution in [1.29, 1.82) is 0 Å². The van der Waals surface area contributed by atoms with Crippen LogP contribution in [-0.2, 0) is 18.0 Å². The number of alkyl halides is 3. The van der Waals surface area contributed by atoms with E-state index in [0.717, 1.165) is 11.6 Å². The van der Waals surface area contributed by atoms with E-state index < -0.39 is 11.7 Å². The quantitative estimate of drug-likeness (QED) is 0.663. The van der Waals surface area contributed by atoms with E-state index in [9.17, 15) is 13.2 Å². The lowest BCUT2D eigenvalue weighted by atomic mass is 9.81. The van der Waals surface area contributed by atoms with Gasteiger partial charge in [0, 0.05) is 0 Å². The van der Waals surface area contributed by atoms with Crippen molar-refractivity contribution < 1.29 is 13.2 Å². The van der Waals surface area contributed by atoms with Crippen LogP contribution in [0.15, 0.2) is 18.2 Å². The fourth-order valence-electron chi connectivity index (χ4n) is 1.94. The molecule has 0 aliphatic carbocycles. The summed E-state index contributed by atoms with van der Waals surface area (Å²) < 4.78 is 38.4. The number of hydrogen-bond donors (Lipinski definition) is 0. The molecule has 0 bridgehead atoms. The third-order valence-corrected chi connectivity index (χ3v) is 2.64. The van der Waals surface area contributed by atoms with Crippen molar-refractivity contribution >= 4 is 0 Å². The van der Waals surface area contributed by atoms with Crippen LogP contribution in [-0.4, -0.2) is 0 Å². The minimum atomic E-state index is -4.26. The Morgan fingerprint density at radius 3 is 1.88 bits per heavy atom. The molecular weight excluding hydrogens is 213 g/mol. The zero-order valence-electron chi connectivity index (χ0n) is 10.1. The van der Waals surface area contributed by atoms with Crippen LogP contribution in [0, 0.1) is 0 Å². The normalized spacial score (nSPS) is 12.9. The van der Waals surface area contributed by atoms with Crippen LogP contribution in [0.4, 0.5) is 13.2 Å². The van der Waals surface area contributed by atoms with Gasteiger partial charge in [0.25, 0.3) is 0 Å². The Bertz CT molecular complexity index is 337. The summed E-state index contributed by atoms with van der Waals surface area (Å²) in [7, 11) is 0. The van der Waals surface area contributed by atoms with E-state index in [1.165, 1.54) is 6.07 Å². The Morgan fingerprint density at radius 2 is 1.50 bits per heavy atom. The molecule has 3 heteroatoms. The summed E-state index contributed by atoms with van der Waals surface area (Å²) >= 11 is 0. The second-order valence-electron chi connectivity index (χ2n) is 4.93. The molecule has 1 aromatic rings. The summed E-state index contributed by atoms with van der Waals surface area (Å²) in [5, 5.41) is 0. The van der Waals surface area contributed by atoms with Crippen molar-refractivity contribution in [3.8, 4) is 0 Å². The van der Waals surface area contributed by atoms with Crippen LogP contribution in [0.25, 0.3) is 0 Å². The van der Waals surface area contributed by atoms with Gasteiger partial charge >= 0.3 is 6.18 Å². The molecule has 0 saturated heterocycles. The van der Waals surface area contributed by atoms with Crippen LogP contribution < -0.4 is 0 Å². The molecule has 0 aliphatic heterocycles. The monoisotopic (exact) mass is 230 g/mol. The van der Waals surface area contributed by atoms with Gasteiger partial charge in [-0.05, 0) is 29.0 Å². The maximum atomic E-state index is 12.8. The average Bonchev–Trinajstić information content (AvgIpc) is 2.13. The summed E-state index contributed by atoms with van der Waals surface area (Å²) in [5.74, 6) is 0. The maximum absolute atomic E-state index is 12.8. The average molecular weight is 230 g/mol. The number of hydrogen-bond acceptors (Lipinski definition) is 0. The van der Waals surface area contributed by atoms with Gasteiger partial charge in [0.15, 0.2) is 0 Å². The molecule has 16 heavy (non-hydrogen) atoms. The van der Waals surface area contributed by atoms with Gasteiger partial charge in [-0.25, -0.2) is 0 Å². The van der Waals surface area contributed by atoms with Crippen LogP contribution in [0.1, 0.15) is 44.4 Å². The van der Waals surface area contributed by atoms with Crippen LogP contribution >= 0.6 is 0 Å². The minimum absolute atomic E-state index is 0.257. The van der Waals surface area contributed by atoms with Crippen molar-refractivity contribution in [1.82, 2.24) is 0 Å². The van der Waals surface area contributed by atoms with Gasteiger partial charge in [-0.3, -0.25) is 0 Å². The summed E-state index contributed by atoms with van der Waals surface area (Å²) in [4.78, 5) is 0. The molecule has 0 radical (unpaired) electrons. The van der Waals surface area contributed by atoms with Crippen molar-refractivity contribution in [2.45, 2.75) is 45.7 Å². The molecule has 0 amide bonds. The molecule has 1 aromatic carbocycles.